The Morgan fingerprint density at radius 1 is 0.813 bits per heavy atom. The van der Waals surface area contributed by atoms with Crippen LogP contribution >= 0.6 is 0 Å². The number of primary amides is 3. The van der Waals surface area contributed by atoms with Crippen LogP contribution in [0, 0.1) is 17.8 Å². The maximum atomic E-state index is 14.2. The van der Waals surface area contributed by atoms with Gasteiger partial charge in [-0.15, -0.1) is 0 Å². The lowest BCUT2D eigenvalue weighted by atomic mass is 9.91. The van der Waals surface area contributed by atoms with Crippen LogP contribution in [0.15, 0.2) is 48.5 Å². The van der Waals surface area contributed by atoms with Crippen molar-refractivity contribution in [3.8, 4) is 5.75 Å². The summed E-state index contributed by atoms with van der Waals surface area (Å²) in [7, 11) is 0. The highest BCUT2D eigenvalue weighted by molar-refractivity contribution is 5.95. The van der Waals surface area contributed by atoms with Crippen molar-refractivity contribution in [3.63, 3.8) is 0 Å². The van der Waals surface area contributed by atoms with Crippen LogP contribution in [-0.2, 0) is 65.6 Å². The number of rotatable bonds is 21. The number of benzene rings is 2. The van der Waals surface area contributed by atoms with Gasteiger partial charge >= 0.3 is 0 Å². The van der Waals surface area contributed by atoms with Gasteiger partial charge in [0, 0.05) is 44.0 Å². The van der Waals surface area contributed by atoms with Crippen LogP contribution in [0.25, 0.3) is 0 Å². The monoisotopic (exact) mass is 1050 g/mol. The molecule has 1 saturated heterocycles. The Morgan fingerprint density at radius 2 is 1.48 bits per heavy atom. The Hall–Kier alpha value is -7.71. The molecule has 1 heterocycles. The molecule has 10 atom stereocenters. The number of nitrogen functional groups attached to an aromatic ring is 1. The maximum absolute atomic E-state index is 14.2. The molecule has 0 aromatic heterocycles. The van der Waals surface area contributed by atoms with Crippen LogP contribution in [0.3, 0.4) is 0 Å². The van der Waals surface area contributed by atoms with Gasteiger partial charge in [0.05, 0.1) is 25.6 Å². The number of anilines is 1. The number of carbonyl (C=O) groups is 11. The van der Waals surface area contributed by atoms with Gasteiger partial charge in [0.2, 0.25) is 59.1 Å². The smallest absolute Gasteiger partial charge is 0.243 e. The molecule has 26 nitrogen and oxygen atoms in total. The van der Waals surface area contributed by atoms with Crippen LogP contribution in [0.4, 0.5) is 5.69 Å². The van der Waals surface area contributed by atoms with Crippen molar-refractivity contribution < 1.29 is 63.0 Å². The molecule has 1 saturated carbocycles. The number of nitrogens with one attached hydrogen (secondary N) is 9. The number of aliphatic hydroxyl groups excluding tert-OH is 1. The van der Waals surface area contributed by atoms with E-state index in [-0.39, 0.29) is 50.3 Å². The average Bonchev–Trinajstić information content (AvgIpc) is 4.15. The van der Waals surface area contributed by atoms with E-state index >= 15 is 0 Å². The van der Waals surface area contributed by atoms with Gasteiger partial charge in [-0.25, -0.2) is 0 Å². The minimum Gasteiger partial charge on any atom is -0.508 e. The number of hydrogen-bond acceptors (Lipinski definition) is 16. The van der Waals surface area contributed by atoms with Crippen molar-refractivity contribution in [1.29, 1.82) is 0 Å². The van der Waals surface area contributed by atoms with Crippen molar-refractivity contribution in [2.75, 3.05) is 31.9 Å². The minimum absolute atomic E-state index is 0.00446. The van der Waals surface area contributed by atoms with Gasteiger partial charge in [0.1, 0.15) is 48.0 Å². The third-order valence-corrected chi connectivity index (χ3v) is 13.0. The summed E-state index contributed by atoms with van der Waals surface area (Å²) < 4.78 is 0. The zero-order chi connectivity index (χ0) is 55.4. The Labute approximate surface area is 433 Å². The highest BCUT2D eigenvalue weighted by atomic mass is 16.3. The van der Waals surface area contributed by atoms with Crippen LogP contribution in [0.1, 0.15) is 76.3 Å². The lowest BCUT2D eigenvalue weighted by molar-refractivity contribution is -0.135. The summed E-state index contributed by atoms with van der Waals surface area (Å²) in [5, 5.41) is 44.5. The fourth-order valence-electron chi connectivity index (χ4n) is 8.28. The topological polar surface area (TPSA) is 441 Å². The van der Waals surface area contributed by atoms with Crippen molar-refractivity contribution in [2.45, 2.75) is 120 Å². The number of aldehydes is 1. The molecule has 2 aromatic rings. The van der Waals surface area contributed by atoms with Gasteiger partial charge in [-0.2, -0.15) is 0 Å². The van der Waals surface area contributed by atoms with E-state index in [0.29, 0.717) is 35.9 Å². The number of phenols is 1. The molecule has 2 aromatic carbocycles. The molecular formula is C49H71N13O13. The molecule has 26 heteroatoms. The van der Waals surface area contributed by atoms with Crippen molar-refractivity contribution in [3.05, 3.63) is 59.7 Å². The predicted molar refractivity (Wildman–Crippen MR) is 269 cm³/mol. The Morgan fingerprint density at radius 3 is 2.11 bits per heavy atom. The first-order valence-electron chi connectivity index (χ1n) is 24.7. The van der Waals surface area contributed by atoms with Gasteiger partial charge in [0.15, 0.2) is 0 Å². The first-order chi connectivity index (χ1) is 35.5. The number of hydrogen-bond donors (Lipinski definition) is 15. The van der Waals surface area contributed by atoms with Crippen LogP contribution < -0.4 is 70.8 Å². The number of amides is 10. The molecule has 4 rings (SSSR count). The normalized spacial score (nSPS) is 24.8. The summed E-state index contributed by atoms with van der Waals surface area (Å²) in [6.45, 7) is 1.78. The predicted octanol–water partition coefficient (Wildman–Crippen LogP) is -4.66. The Kier molecular flexibility index (Phi) is 22.9. The fourth-order valence-corrected chi connectivity index (χ4v) is 8.28. The summed E-state index contributed by atoms with van der Waals surface area (Å²) >= 11 is 0. The third-order valence-electron chi connectivity index (χ3n) is 13.0. The molecule has 2 fully saturated rings. The van der Waals surface area contributed by atoms with E-state index in [4.69, 9.17) is 22.9 Å². The van der Waals surface area contributed by atoms with Crippen LogP contribution in [-0.4, -0.2) is 144 Å². The average molecular weight is 1050 g/mol. The Bertz CT molecular complexity index is 2370. The van der Waals surface area contributed by atoms with Gasteiger partial charge in [-0.05, 0) is 79.3 Å². The van der Waals surface area contributed by atoms with E-state index in [0.717, 1.165) is 0 Å². The summed E-state index contributed by atoms with van der Waals surface area (Å²) in [5.74, 6) is -9.29. The molecule has 1 aliphatic carbocycles. The van der Waals surface area contributed by atoms with E-state index in [9.17, 15) is 63.0 Å². The highest BCUT2D eigenvalue weighted by Gasteiger charge is 2.44. The zero-order valence-electron chi connectivity index (χ0n) is 42.0. The van der Waals surface area contributed by atoms with Crippen LogP contribution in [0.2, 0.25) is 0 Å². The molecule has 2 aliphatic rings. The van der Waals surface area contributed by atoms with E-state index in [1.807, 2.05) is 0 Å². The summed E-state index contributed by atoms with van der Waals surface area (Å²) in [6.07, 6.45) is -2.25. The fraction of sp³-hybridized carbons (Fsp3) is 0.531. The molecular weight excluding hydrogens is 979 g/mol. The lowest BCUT2D eigenvalue weighted by Gasteiger charge is -2.34. The second kappa shape index (κ2) is 28.7. The van der Waals surface area contributed by atoms with E-state index in [1.165, 1.54) is 24.3 Å². The number of nitrogens with two attached hydrogens (primary N) is 4. The van der Waals surface area contributed by atoms with Crippen LogP contribution in [0.5, 0.6) is 5.75 Å². The quantitative estimate of drug-likeness (QED) is 0.0413. The zero-order valence-corrected chi connectivity index (χ0v) is 42.0. The van der Waals surface area contributed by atoms with Gasteiger partial charge in [-0.3, -0.25) is 53.3 Å². The molecule has 75 heavy (non-hydrogen) atoms. The summed E-state index contributed by atoms with van der Waals surface area (Å²) in [6, 6.07) is 5.75. The van der Waals surface area contributed by atoms with Crippen molar-refractivity contribution >= 4 is 71.0 Å². The first-order valence-corrected chi connectivity index (χ1v) is 24.7. The van der Waals surface area contributed by atoms with E-state index in [1.54, 1.807) is 38.1 Å². The third kappa shape index (κ3) is 19.9. The van der Waals surface area contributed by atoms with E-state index < -0.39 is 152 Å². The van der Waals surface area contributed by atoms with Gasteiger partial charge in [0.25, 0.3) is 0 Å². The summed E-state index contributed by atoms with van der Waals surface area (Å²) in [4.78, 5) is 145. The lowest BCUT2D eigenvalue weighted by Crippen LogP contribution is -2.64. The van der Waals surface area contributed by atoms with E-state index in [2.05, 4.69) is 47.9 Å². The van der Waals surface area contributed by atoms with Gasteiger partial charge in [-0.1, -0.05) is 44.5 Å². The SMILES string of the molecule is CCC(C)C1NC(=O)[C@H](Cc2ccc(O)cc2)NC(=O)CNC(O)CC[C@@H](C(=O)NCCC2CC2C(=O)N[C@@H](Cc2ccc(N)cc2)C(=O)NCC(N)=O)NC(=O)[C@H](CC(N)=O)NC[C@@](C=O)(CCC(N)=O)NC1=O. The first kappa shape index (κ1) is 59.8. The molecule has 1 aliphatic heterocycles. The number of aromatic hydroxyl groups is 1. The second-order valence-electron chi connectivity index (χ2n) is 19.1. The molecule has 5 unspecified atom stereocenters. The minimum atomic E-state index is -2.00. The van der Waals surface area contributed by atoms with Crippen molar-refractivity contribution in [1.82, 2.24) is 47.9 Å². The Balaban J connectivity index is 1.56. The molecule has 10 amide bonds. The number of aliphatic hydroxyl groups is 1. The molecule has 0 radical (unpaired) electrons. The molecule has 410 valence electrons. The summed E-state index contributed by atoms with van der Waals surface area (Å²) in [5.41, 5.74) is 21.7. The second-order valence-corrected chi connectivity index (χ2v) is 19.1. The highest BCUT2D eigenvalue weighted by Crippen LogP contribution is 2.41. The standard InChI is InChI=1S/C49H71N13O13/c1-3-26(2)42-48(75)62-49(25-63,16-14-37(51)65)24-57-34(21-38(52)66)46(73)59-33(12-13-40(68)55-23-41(69)58-36(47(74)61-42)19-28-6-10-31(64)11-7-28)44(71)54-17-15-29-20-32(29)43(70)60-35(45(72)56-22-39(53)67)18-27-4-8-30(50)9-5-27/h4-11,25-26,29,32-36,40,42,55,57,64,68H,3,12-24,50H2,1-2H3,(H2,51,65)(H2,52,66)(H2,53,67)(H,54,71)(H,56,72)(H,58,69)(H,59,73)(H,60,70)(H,61,74)(H,62,75)/t26?,29?,32?,33-,34-,35-,36-,40?,42?,49+/m0/s1. The number of phenolic OH excluding ortho intramolecular Hbond substituents is 1. The molecule has 19 N–H and O–H groups in total. The molecule has 0 spiro atoms. The maximum Gasteiger partial charge on any atom is 0.243 e. The van der Waals surface area contributed by atoms with Crippen molar-refractivity contribution in [2.24, 2.45) is 35.0 Å². The molecule has 0 bridgehead atoms. The number of carbonyl (C=O) groups excluding carboxylic acids is 11. The largest absolute Gasteiger partial charge is 0.508 e. The van der Waals surface area contributed by atoms with Gasteiger partial charge < -0.3 is 80.5 Å².